The molecule has 3 amide bonds. The Morgan fingerprint density at radius 3 is 2.57 bits per heavy atom. The highest BCUT2D eigenvalue weighted by molar-refractivity contribution is 5.96. The van der Waals surface area contributed by atoms with Crippen LogP contribution >= 0.6 is 0 Å². The fraction of sp³-hybridized carbons (Fsp3) is 0.143. The second-order valence-corrected chi connectivity index (χ2v) is 6.39. The van der Waals surface area contributed by atoms with E-state index in [1.807, 2.05) is 6.92 Å². The normalized spacial score (nSPS) is 10.5. The molecule has 7 heteroatoms. The average Bonchev–Trinajstić information content (AvgIpc) is 3.17. The lowest BCUT2D eigenvalue weighted by Crippen LogP contribution is -2.34. The lowest BCUT2D eigenvalue weighted by atomic mass is 10.1. The van der Waals surface area contributed by atoms with Crippen LogP contribution in [0.15, 0.2) is 65.3 Å². The maximum atomic E-state index is 13.0. The zero-order valence-corrected chi connectivity index (χ0v) is 15.4. The summed E-state index contributed by atoms with van der Waals surface area (Å²) in [7, 11) is 0. The zero-order valence-electron chi connectivity index (χ0n) is 15.4. The summed E-state index contributed by atoms with van der Waals surface area (Å²) in [4.78, 5) is 25.9. The van der Waals surface area contributed by atoms with Crippen molar-refractivity contribution in [2.75, 3.05) is 5.32 Å². The molecule has 0 aliphatic rings. The molecule has 3 rings (SSSR count). The first-order chi connectivity index (χ1) is 13.4. The molecule has 0 bridgehead atoms. The highest BCUT2D eigenvalue weighted by atomic mass is 16.3. The van der Waals surface area contributed by atoms with Crippen LogP contribution in [-0.2, 0) is 13.1 Å². The Balaban J connectivity index is 1.85. The molecule has 28 heavy (non-hydrogen) atoms. The number of benzene rings is 2. The fourth-order valence-electron chi connectivity index (χ4n) is 2.74. The van der Waals surface area contributed by atoms with Gasteiger partial charge in [-0.15, -0.1) is 0 Å². The van der Waals surface area contributed by atoms with Gasteiger partial charge in [-0.25, -0.2) is 4.79 Å². The Morgan fingerprint density at radius 1 is 1.11 bits per heavy atom. The second kappa shape index (κ2) is 8.30. The summed E-state index contributed by atoms with van der Waals surface area (Å²) in [6.45, 7) is 2.20. The number of carbonyl (C=O) groups excluding carboxylic acids is 2. The zero-order chi connectivity index (χ0) is 20.1. The maximum Gasteiger partial charge on any atom is 0.322 e. The number of phenolic OH excluding ortho intramolecular Hbond substituents is 1. The van der Waals surface area contributed by atoms with Gasteiger partial charge in [0.25, 0.3) is 0 Å². The molecule has 0 fully saturated rings. The largest absolute Gasteiger partial charge is 0.508 e. The molecule has 0 radical (unpaired) electrons. The van der Waals surface area contributed by atoms with E-state index in [-0.39, 0.29) is 18.8 Å². The molecule has 144 valence electrons. The Morgan fingerprint density at radius 2 is 1.89 bits per heavy atom. The van der Waals surface area contributed by atoms with Crippen LogP contribution in [0.25, 0.3) is 0 Å². The van der Waals surface area contributed by atoms with Crippen LogP contribution in [-0.4, -0.2) is 21.9 Å². The molecule has 0 saturated carbocycles. The van der Waals surface area contributed by atoms with Crippen molar-refractivity contribution in [2.45, 2.75) is 20.0 Å². The van der Waals surface area contributed by atoms with Gasteiger partial charge in [-0.1, -0.05) is 24.3 Å². The van der Waals surface area contributed by atoms with E-state index in [0.717, 1.165) is 5.56 Å². The third kappa shape index (κ3) is 4.50. The average molecular weight is 379 g/mol. The smallest absolute Gasteiger partial charge is 0.322 e. The van der Waals surface area contributed by atoms with E-state index >= 15 is 0 Å². The van der Waals surface area contributed by atoms with E-state index in [4.69, 9.17) is 10.2 Å². The summed E-state index contributed by atoms with van der Waals surface area (Å²) in [6, 6.07) is 14.8. The van der Waals surface area contributed by atoms with Crippen LogP contribution in [0.4, 0.5) is 10.5 Å². The van der Waals surface area contributed by atoms with Crippen molar-refractivity contribution in [3.05, 3.63) is 83.3 Å². The topological polar surface area (TPSA) is 109 Å². The number of furan rings is 1. The number of primary amides is 1. The van der Waals surface area contributed by atoms with E-state index < -0.39 is 11.9 Å². The fourth-order valence-corrected chi connectivity index (χ4v) is 2.74. The minimum atomic E-state index is -0.572. The Bertz CT molecular complexity index is 983. The van der Waals surface area contributed by atoms with Gasteiger partial charge in [0.05, 0.1) is 19.4 Å². The van der Waals surface area contributed by atoms with Crippen LogP contribution in [0.2, 0.25) is 0 Å². The summed E-state index contributed by atoms with van der Waals surface area (Å²) in [5.41, 5.74) is 7.52. The predicted octanol–water partition coefficient (Wildman–Crippen LogP) is 3.63. The summed E-state index contributed by atoms with van der Waals surface area (Å²) in [5, 5.41) is 12.9. The van der Waals surface area contributed by atoms with Gasteiger partial charge < -0.3 is 25.5 Å². The Hall–Kier alpha value is -3.74. The third-order valence-corrected chi connectivity index (χ3v) is 4.33. The first kappa shape index (κ1) is 19.0. The third-order valence-electron chi connectivity index (χ3n) is 4.33. The number of aryl methyl sites for hydroxylation is 1. The van der Waals surface area contributed by atoms with E-state index in [2.05, 4.69) is 5.32 Å². The number of hydrogen-bond donors (Lipinski definition) is 3. The quantitative estimate of drug-likeness (QED) is 0.607. The van der Waals surface area contributed by atoms with Gasteiger partial charge in [-0.05, 0) is 42.8 Å². The molecule has 0 aliphatic carbocycles. The minimum absolute atomic E-state index is 0.103. The number of aromatic hydroxyl groups is 1. The highest BCUT2D eigenvalue weighted by Gasteiger charge is 2.19. The van der Waals surface area contributed by atoms with Gasteiger partial charge in [0.2, 0.25) is 5.91 Å². The van der Waals surface area contributed by atoms with Gasteiger partial charge in [0.15, 0.2) is 0 Å². The first-order valence-electron chi connectivity index (χ1n) is 8.69. The number of hydrogen-bond acceptors (Lipinski definition) is 4. The molecule has 4 N–H and O–H groups in total. The van der Waals surface area contributed by atoms with Crippen LogP contribution in [0.3, 0.4) is 0 Å². The molecule has 0 saturated heterocycles. The number of anilines is 1. The first-order valence-corrected chi connectivity index (χ1v) is 8.69. The molecular formula is C21H21N3O4. The number of nitrogens with one attached hydrogen (secondary N) is 1. The highest BCUT2D eigenvalue weighted by Crippen LogP contribution is 2.22. The van der Waals surface area contributed by atoms with E-state index in [9.17, 15) is 14.7 Å². The number of rotatable bonds is 6. The summed E-state index contributed by atoms with van der Waals surface area (Å²) >= 11 is 0. The van der Waals surface area contributed by atoms with Crippen LogP contribution in [0, 0.1) is 6.92 Å². The molecule has 0 spiro atoms. The van der Waals surface area contributed by atoms with E-state index in [0.29, 0.717) is 22.6 Å². The molecular weight excluding hydrogens is 358 g/mol. The summed E-state index contributed by atoms with van der Waals surface area (Å²) in [6.07, 6.45) is 1.53. The molecule has 0 atom stereocenters. The van der Waals surface area contributed by atoms with Gasteiger partial charge >= 0.3 is 6.03 Å². The van der Waals surface area contributed by atoms with Crippen LogP contribution < -0.4 is 11.1 Å². The van der Waals surface area contributed by atoms with Crippen molar-refractivity contribution in [3.8, 4) is 5.75 Å². The minimum Gasteiger partial charge on any atom is -0.508 e. The van der Waals surface area contributed by atoms with Gasteiger partial charge in [-0.2, -0.15) is 0 Å². The lowest BCUT2D eigenvalue weighted by Gasteiger charge is -2.23. The van der Waals surface area contributed by atoms with Crippen molar-refractivity contribution < 1.29 is 19.1 Å². The molecule has 7 nitrogen and oxygen atoms in total. The molecule has 1 aromatic heterocycles. The SMILES string of the molecule is Cc1ccc(C(N)=O)cc1NC(=O)N(Cc1ccco1)Cc1ccccc1O. The van der Waals surface area contributed by atoms with Crippen LogP contribution in [0.5, 0.6) is 5.75 Å². The van der Waals surface area contributed by atoms with Crippen molar-refractivity contribution >= 4 is 17.6 Å². The van der Waals surface area contributed by atoms with Gasteiger partial charge in [-0.3, -0.25) is 4.79 Å². The second-order valence-electron chi connectivity index (χ2n) is 6.39. The number of nitrogens with zero attached hydrogens (tertiary/aromatic N) is 1. The molecule has 2 aromatic carbocycles. The Kier molecular flexibility index (Phi) is 5.64. The number of phenols is 1. The number of para-hydroxylation sites is 1. The van der Waals surface area contributed by atoms with Crippen molar-refractivity contribution in [1.29, 1.82) is 0 Å². The van der Waals surface area contributed by atoms with Gasteiger partial charge in [0, 0.05) is 16.8 Å². The monoisotopic (exact) mass is 379 g/mol. The summed E-state index contributed by atoms with van der Waals surface area (Å²) in [5.74, 6) is 0.136. The van der Waals surface area contributed by atoms with E-state index in [1.165, 1.54) is 11.2 Å². The van der Waals surface area contributed by atoms with Crippen molar-refractivity contribution in [1.82, 2.24) is 4.90 Å². The molecule has 0 unspecified atom stereocenters. The number of urea groups is 1. The molecule has 0 aliphatic heterocycles. The number of carbonyl (C=O) groups is 2. The number of amides is 3. The van der Waals surface area contributed by atoms with Crippen molar-refractivity contribution in [2.24, 2.45) is 5.73 Å². The summed E-state index contributed by atoms with van der Waals surface area (Å²) < 4.78 is 5.36. The predicted molar refractivity (Wildman–Crippen MR) is 105 cm³/mol. The number of nitrogens with two attached hydrogens (primary N) is 1. The molecule has 3 aromatic rings. The standard InChI is InChI=1S/C21H21N3O4/c1-14-8-9-15(20(22)26)11-18(14)23-21(27)24(13-17-6-4-10-28-17)12-16-5-2-3-7-19(16)25/h2-11,25H,12-13H2,1H3,(H2,22,26)(H,23,27). The Labute approximate surface area is 162 Å². The maximum absolute atomic E-state index is 13.0. The lowest BCUT2D eigenvalue weighted by molar-refractivity contribution is 0.1000. The van der Waals surface area contributed by atoms with E-state index in [1.54, 1.807) is 54.6 Å². The molecule has 1 heterocycles. The van der Waals surface area contributed by atoms with Crippen LogP contribution in [0.1, 0.15) is 27.2 Å². The van der Waals surface area contributed by atoms with Crippen molar-refractivity contribution in [3.63, 3.8) is 0 Å². The van der Waals surface area contributed by atoms with Gasteiger partial charge in [0.1, 0.15) is 11.5 Å².